The number of rotatable bonds is 6. The zero-order valence-corrected chi connectivity index (χ0v) is 18.2. The van der Waals surface area contributed by atoms with Gasteiger partial charge >= 0.3 is 0 Å². The van der Waals surface area contributed by atoms with Gasteiger partial charge in [-0.15, -0.1) is 0 Å². The lowest BCUT2D eigenvalue weighted by Gasteiger charge is -2.33. The normalized spacial score (nSPS) is 22.5. The van der Waals surface area contributed by atoms with E-state index in [9.17, 15) is 14.4 Å². The second kappa shape index (κ2) is 9.33. The van der Waals surface area contributed by atoms with Gasteiger partial charge in [0.15, 0.2) is 5.78 Å². The van der Waals surface area contributed by atoms with Crippen LogP contribution in [0.15, 0.2) is 29.8 Å². The van der Waals surface area contributed by atoms with Crippen LogP contribution < -0.4 is 5.32 Å². The first-order valence-electron chi connectivity index (χ1n) is 11.5. The Hall–Kier alpha value is -2.50. The van der Waals surface area contributed by atoms with Crippen molar-refractivity contribution in [1.82, 2.24) is 10.2 Å². The Balaban J connectivity index is 1.51. The van der Waals surface area contributed by atoms with E-state index >= 15 is 4.39 Å². The summed E-state index contributed by atoms with van der Waals surface area (Å²) in [7, 11) is 0. The van der Waals surface area contributed by atoms with E-state index in [1.165, 1.54) is 13.0 Å². The highest BCUT2D eigenvalue weighted by molar-refractivity contribution is 5.99. The summed E-state index contributed by atoms with van der Waals surface area (Å²) >= 11 is 0. The van der Waals surface area contributed by atoms with Crippen LogP contribution >= 0.6 is 0 Å². The van der Waals surface area contributed by atoms with Gasteiger partial charge in [-0.3, -0.25) is 14.4 Å². The van der Waals surface area contributed by atoms with Gasteiger partial charge in [0.1, 0.15) is 11.9 Å². The van der Waals surface area contributed by atoms with Crippen LogP contribution in [-0.2, 0) is 9.59 Å². The number of hydrogen-bond donors (Lipinski definition) is 1. The molecule has 1 aromatic rings. The highest BCUT2D eigenvalue weighted by Crippen LogP contribution is 2.35. The van der Waals surface area contributed by atoms with Crippen LogP contribution in [0.25, 0.3) is 0 Å². The van der Waals surface area contributed by atoms with Gasteiger partial charge in [0, 0.05) is 24.9 Å². The molecule has 6 heteroatoms. The van der Waals surface area contributed by atoms with Crippen molar-refractivity contribution >= 4 is 17.6 Å². The minimum Gasteiger partial charge on any atom is -0.342 e. The molecule has 2 aliphatic carbocycles. The lowest BCUT2D eigenvalue weighted by atomic mass is 9.88. The Labute approximate surface area is 183 Å². The molecule has 0 bridgehead atoms. The van der Waals surface area contributed by atoms with Crippen LogP contribution in [0.5, 0.6) is 0 Å². The molecule has 1 heterocycles. The minimum atomic E-state index is -0.697. The number of carbonyl (C=O) groups is 3. The lowest BCUT2D eigenvalue weighted by molar-refractivity contribution is -0.133. The Morgan fingerprint density at radius 2 is 1.94 bits per heavy atom. The highest BCUT2D eigenvalue weighted by atomic mass is 19.1. The molecule has 31 heavy (non-hydrogen) atoms. The fourth-order valence-electron chi connectivity index (χ4n) is 4.85. The first-order valence-corrected chi connectivity index (χ1v) is 11.5. The molecule has 0 radical (unpaired) electrons. The predicted molar refractivity (Wildman–Crippen MR) is 116 cm³/mol. The molecule has 166 valence electrons. The molecule has 0 spiro atoms. The third-order valence-corrected chi connectivity index (χ3v) is 6.75. The maximum atomic E-state index is 15.4. The number of allylic oxidation sites excluding steroid dienone is 1. The van der Waals surface area contributed by atoms with Crippen LogP contribution in [0.4, 0.5) is 4.39 Å². The average Bonchev–Trinajstić information content (AvgIpc) is 3.63. The fraction of sp³-hybridized carbons (Fsp3) is 0.560. The number of nitrogens with zero attached hydrogens (tertiary/aromatic N) is 1. The van der Waals surface area contributed by atoms with Gasteiger partial charge in [0.05, 0.1) is 5.56 Å². The fourth-order valence-corrected chi connectivity index (χ4v) is 4.85. The summed E-state index contributed by atoms with van der Waals surface area (Å²) in [6.45, 7) is 2.68. The van der Waals surface area contributed by atoms with Crippen molar-refractivity contribution in [3.05, 3.63) is 46.8 Å². The third-order valence-electron chi connectivity index (χ3n) is 6.75. The number of halogens is 1. The smallest absolute Gasteiger partial charge is 0.255 e. The number of carbonyl (C=O) groups excluding carboxylic acids is 3. The number of piperidine rings is 1. The average molecular weight is 427 g/mol. The zero-order chi connectivity index (χ0) is 22.0. The Morgan fingerprint density at radius 3 is 2.61 bits per heavy atom. The van der Waals surface area contributed by atoms with Crippen molar-refractivity contribution in [3.8, 4) is 0 Å². The summed E-state index contributed by atoms with van der Waals surface area (Å²) in [5, 5.41) is 2.76. The Kier molecular flexibility index (Phi) is 6.54. The molecule has 0 unspecified atom stereocenters. The van der Waals surface area contributed by atoms with E-state index < -0.39 is 17.8 Å². The number of nitrogens with one attached hydrogen (secondary N) is 1. The van der Waals surface area contributed by atoms with Crippen molar-refractivity contribution in [1.29, 1.82) is 0 Å². The first kappa shape index (κ1) is 21.7. The maximum absolute atomic E-state index is 15.4. The van der Waals surface area contributed by atoms with Crippen LogP contribution in [0.1, 0.15) is 80.1 Å². The molecule has 2 atom stereocenters. The second-order valence-corrected chi connectivity index (χ2v) is 9.15. The molecule has 1 aliphatic heterocycles. The lowest BCUT2D eigenvalue weighted by Crippen LogP contribution is -2.42. The summed E-state index contributed by atoms with van der Waals surface area (Å²) in [6, 6.07) is 4.18. The largest absolute Gasteiger partial charge is 0.342 e. The van der Waals surface area contributed by atoms with Gasteiger partial charge in [-0.25, -0.2) is 4.39 Å². The van der Waals surface area contributed by atoms with Crippen molar-refractivity contribution in [2.24, 2.45) is 5.92 Å². The van der Waals surface area contributed by atoms with Crippen molar-refractivity contribution in [2.45, 2.75) is 70.3 Å². The van der Waals surface area contributed by atoms with E-state index in [1.807, 2.05) is 11.0 Å². The number of Topliss-reactive ketones (excluding diaryl/α,β-unsaturated/α-hetero) is 1. The van der Waals surface area contributed by atoms with Gasteiger partial charge in [-0.1, -0.05) is 18.2 Å². The highest BCUT2D eigenvalue weighted by Gasteiger charge is 2.36. The summed E-state index contributed by atoms with van der Waals surface area (Å²) in [4.78, 5) is 39.4. The van der Waals surface area contributed by atoms with Gasteiger partial charge in [-0.2, -0.15) is 0 Å². The van der Waals surface area contributed by atoms with Crippen LogP contribution in [-0.4, -0.2) is 41.6 Å². The third kappa shape index (κ3) is 4.89. The van der Waals surface area contributed by atoms with E-state index in [0.29, 0.717) is 12.1 Å². The number of likely N-dealkylation sites (tertiary alicyclic amines) is 1. The van der Waals surface area contributed by atoms with Crippen LogP contribution in [0.3, 0.4) is 0 Å². The molecule has 1 aromatic carbocycles. The van der Waals surface area contributed by atoms with Gasteiger partial charge < -0.3 is 10.2 Å². The van der Waals surface area contributed by atoms with E-state index in [1.54, 1.807) is 12.1 Å². The van der Waals surface area contributed by atoms with Crippen molar-refractivity contribution in [3.63, 3.8) is 0 Å². The topological polar surface area (TPSA) is 66.5 Å². The van der Waals surface area contributed by atoms with Crippen LogP contribution in [0, 0.1) is 11.7 Å². The Morgan fingerprint density at radius 1 is 1.13 bits per heavy atom. The standard InChI is InChI=1S/C25H31FN2O3/c1-16(29)23(17-7-3-2-4-8-17)27-24(30)21-11-5-10-20(22(21)26)19-9-6-14-28(15-19)25(31)18-12-13-18/h5,7,10-11,18-19,23H,2-4,6,8-9,12-15H2,1H3,(H,27,30)/t19-,23-/m0/s1. The molecule has 0 aromatic heterocycles. The number of ketones is 1. The minimum absolute atomic E-state index is 0.0363. The second-order valence-electron chi connectivity index (χ2n) is 9.15. The molecular weight excluding hydrogens is 395 g/mol. The molecule has 1 N–H and O–H groups in total. The molecule has 2 amide bonds. The van der Waals surface area contributed by atoms with Crippen molar-refractivity contribution in [2.75, 3.05) is 13.1 Å². The monoisotopic (exact) mass is 426 g/mol. The van der Waals surface area contributed by atoms with E-state index in [2.05, 4.69) is 5.32 Å². The molecular formula is C25H31FN2O3. The van der Waals surface area contributed by atoms with Crippen LogP contribution in [0.2, 0.25) is 0 Å². The summed E-state index contributed by atoms with van der Waals surface area (Å²) < 4.78 is 15.4. The number of amides is 2. The van der Waals surface area contributed by atoms with E-state index in [4.69, 9.17) is 0 Å². The summed E-state index contributed by atoms with van der Waals surface area (Å²) in [5.41, 5.74) is 1.37. The quantitative estimate of drug-likeness (QED) is 0.696. The number of hydrogen-bond acceptors (Lipinski definition) is 3. The van der Waals surface area contributed by atoms with Crippen molar-refractivity contribution < 1.29 is 18.8 Å². The predicted octanol–water partition coefficient (Wildman–Crippen LogP) is 4.13. The van der Waals surface area contributed by atoms with Gasteiger partial charge in [0.2, 0.25) is 5.91 Å². The summed E-state index contributed by atoms with van der Waals surface area (Å²) in [5.74, 6) is -1.02. The Bertz CT molecular complexity index is 906. The summed E-state index contributed by atoms with van der Waals surface area (Å²) in [6.07, 6.45) is 9.31. The van der Waals surface area contributed by atoms with Gasteiger partial charge in [0.25, 0.3) is 5.91 Å². The number of benzene rings is 1. The SMILES string of the molecule is CC(=O)[C@H](NC(=O)c1cccc([C@H]2CCCN(C(=O)C3CC3)C2)c1F)C1=CCCCC1. The molecule has 5 nitrogen and oxygen atoms in total. The maximum Gasteiger partial charge on any atom is 0.255 e. The molecule has 1 saturated heterocycles. The molecule has 4 rings (SSSR count). The van der Waals surface area contributed by atoms with Gasteiger partial charge in [-0.05, 0) is 75.5 Å². The van der Waals surface area contributed by atoms with E-state index in [-0.39, 0.29) is 29.1 Å². The molecule has 1 saturated carbocycles. The van der Waals surface area contributed by atoms with E-state index in [0.717, 1.165) is 63.5 Å². The first-order chi connectivity index (χ1) is 15.0. The zero-order valence-electron chi connectivity index (χ0n) is 18.2. The molecule has 3 aliphatic rings. The molecule has 2 fully saturated rings.